The molecule has 0 spiro atoms. The van der Waals surface area contributed by atoms with Gasteiger partial charge < -0.3 is 4.74 Å². The maximum Gasteiger partial charge on any atom is 0.148 e. The van der Waals surface area contributed by atoms with Gasteiger partial charge in [0.2, 0.25) is 0 Å². The average molecular weight is 219 g/mol. The van der Waals surface area contributed by atoms with Crippen molar-refractivity contribution in [1.82, 2.24) is 4.90 Å². The van der Waals surface area contributed by atoms with Crippen LogP contribution in [0.1, 0.15) is 12.0 Å². The molecule has 0 radical (unpaired) electrons. The van der Waals surface area contributed by atoms with Gasteiger partial charge in [0.1, 0.15) is 11.5 Å². The van der Waals surface area contributed by atoms with Crippen LogP contribution in [-0.4, -0.2) is 37.4 Å². The Morgan fingerprint density at radius 3 is 2.62 bits per heavy atom. The summed E-state index contributed by atoms with van der Waals surface area (Å²) in [5.41, 5.74) is 1.29. The van der Waals surface area contributed by atoms with Crippen LogP contribution in [0.25, 0.3) is 0 Å². The smallest absolute Gasteiger partial charge is 0.148 e. The van der Waals surface area contributed by atoms with Crippen molar-refractivity contribution >= 4 is 5.78 Å². The lowest BCUT2D eigenvalue weighted by molar-refractivity contribution is -0.116. The SMILES string of the molecule is COc1ccc(CCN2CCC(=O)C2)cc1. The van der Waals surface area contributed by atoms with Crippen LogP contribution in [0.15, 0.2) is 24.3 Å². The maximum atomic E-state index is 11.1. The summed E-state index contributed by atoms with van der Waals surface area (Å²) in [7, 11) is 1.67. The minimum absolute atomic E-state index is 0.370. The van der Waals surface area contributed by atoms with E-state index in [0.29, 0.717) is 12.3 Å². The molecule has 1 heterocycles. The van der Waals surface area contributed by atoms with Crippen molar-refractivity contribution < 1.29 is 9.53 Å². The van der Waals surface area contributed by atoms with E-state index >= 15 is 0 Å². The monoisotopic (exact) mass is 219 g/mol. The minimum atomic E-state index is 0.370. The molecule has 0 aliphatic carbocycles. The quantitative estimate of drug-likeness (QED) is 0.769. The lowest BCUT2D eigenvalue weighted by Crippen LogP contribution is -2.23. The molecule has 0 unspecified atom stereocenters. The first kappa shape index (κ1) is 11.1. The van der Waals surface area contributed by atoms with Gasteiger partial charge in [0.05, 0.1) is 13.7 Å². The number of benzene rings is 1. The number of carbonyl (C=O) groups excluding carboxylic acids is 1. The zero-order valence-corrected chi connectivity index (χ0v) is 9.61. The first-order chi connectivity index (χ1) is 7.78. The fourth-order valence-electron chi connectivity index (χ4n) is 1.96. The van der Waals surface area contributed by atoms with E-state index in [1.165, 1.54) is 5.56 Å². The van der Waals surface area contributed by atoms with Crippen LogP contribution in [-0.2, 0) is 11.2 Å². The van der Waals surface area contributed by atoms with E-state index in [-0.39, 0.29) is 0 Å². The number of ketones is 1. The van der Waals surface area contributed by atoms with Crippen molar-refractivity contribution in [1.29, 1.82) is 0 Å². The second-order valence-corrected chi connectivity index (χ2v) is 4.16. The number of nitrogens with zero attached hydrogens (tertiary/aromatic N) is 1. The average Bonchev–Trinajstić information content (AvgIpc) is 2.73. The highest BCUT2D eigenvalue weighted by atomic mass is 16.5. The largest absolute Gasteiger partial charge is 0.497 e. The molecule has 3 nitrogen and oxygen atoms in total. The molecular formula is C13H17NO2. The third-order valence-corrected chi connectivity index (χ3v) is 2.98. The molecule has 16 heavy (non-hydrogen) atoms. The molecular weight excluding hydrogens is 202 g/mol. The van der Waals surface area contributed by atoms with E-state index in [0.717, 1.165) is 31.7 Å². The molecule has 86 valence electrons. The number of ether oxygens (including phenoxy) is 1. The summed E-state index contributed by atoms with van der Waals surface area (Å²) in [6.07, 6.45) is 1.72. The highest BCUT2D eigenvalue weighted by Gasteiger charge is 2.18. The Balaban J connectivity index is 1.82. The van der Waals surface area contributed by atoms with Crippen LogP contribution in [0.2, 0.25) is 0 Å². The van der Waals surface area contributed by atoms with Crippen LogP contribution < -0.4 is 4.74 Å². The Hall–Kier alpha value is -1.35. The molecule has 1 aliphatic heterocycles. The number of methoxy groups -OCH3 is 1. The Bertz CT molecular complexity index is 359. The number of rotatable bonds is 4. The summed E-state index contributed by atoms with van der Waals surface area (Å²) >= 11 is 0. The summed E-state index contributed by atoms with van der Waals surface area (Å²) in [5.74, 6) is 1.26. The van der Waals surface area contributed by atoms with E-state index in [1.54, 1.807) is 7.11 Å². The van der Waals surface area contributed by atoms with Crippen molar-refractivity contribution in [2.45, 2.75) is 12.8 Å². The molecule has 2 rings (SSSR count). The lowest BCUT2D eigenvalue weighted by Gasteiger charge is -2.13. The molecule has 0 amide bonds. The second-order valence-electron chi connectivity index (χ2n) is 4.16. The summed E-state index contributed by atoms with van der Waals surface area (Å²) < 4.78 is 5.11. The van der Waals surface area contributed by atoms with Gasteiger partial charge in [0.25, 0.3) is 0 Å². The van der Waals surface area contributed by atoms with Crippen LogP contribution in [0.3, 0.4) is 0 Å². The zero-order chi connectivity index (χ0) is 11.4. The van der Waals surface area contributed by atoms with Crippen LogP contribution in [0.4, 0.5) is 0 Å². The van der Waals surface area contributed by atoms with Gasteiger partial charge in [-0.3, -0.25) is 9.69 Å². The summed E-state index contributed by atoms with van der Waals surface area (Å²) in [5, 5.41) is 0. The third kappa shape index (κ3) is 2.83. The van der Waals surface area contributed by atoms with E-state index < -0.39 is 0 Å². The van der Waals surface area contributed by atoms with Gasteiger partial charge >= 0.3 is 0 Å². The number of likely N-dealkylation sites (tertiary alicyclic amines) is 1. The number of hydrogen-bond acceptors (Lipinski definition) is 3. The van der Waals surface area contributed by atoms with E-state index in [9.17, 15) is 4.79 Å². The predicted molar refractivity (Wildman–Crippen MR) is 62.8 cm³/mol. The molecule has 3 heteroatoms. The highest BCUT2D eigenvalue weighted by Crippen LogP contribution is 2.12. The fraction of sp³-hybridized carbons (Fsp3) is 0.462. The van der Waals surface area contributed by atoms with Gasteiger partial charge in [-0.1, -0.05) is 12.1 Å². The number of carbonyl (C=O) groups is 1. The Morgan fingerprint density at radius 2 is 2.06 bits per heavy atom. The van der Waals surface area contributed by atoms with Gasteiger partial charge in [0.15, 0.2) is 0 Å². The predicted octanol–water partition coefficient (Wildman–Crippen LogP) is 1.51. The Morgan fingerprint density at radius 1 is 1.31 bits per heavy atom. The Labute approximate surface area is 96.0 Å². The van der Waals surface area contributed by atoms with Gasteiger partial charge in [-0.15, -0.1) is 0 Å². The highest BCUT2D eigenvalue weighted by molar-refractivity contribution is 5.82. The van der Waals surface area contributed by atoms with Crippen LogP contribution >= 0.6 is 0 Å². The molecule has 0 saturated carbocycles. The molecule has 0 N–H and O–H groups in total. The molecule has 0 aromatic heterocycles. The van der Waals surface area contributed by atoms with E-state index in [1.807, 2.05) is 12.1 Å². The van der Waals surface area contributed by atoms with Gasteiger partial charge in [0, 0.05) is 19.5 Å². The van der Waals surface area contributed by atoms with E-state index in [2.05, 4.69) is 17.0 Å². The molecule has 1 saturated heterocycles. The lowest BCUT2D eigenvalue weighted by atomic mass is 10.1. The molecule has 1 fully saturated rings. The van der Waals surface area contributed by atoms with Gasteiger partial charge in [-0.25, -0.2) is 0 Å². The zero-order valence-electron chi connectivity index (χ0n) is 9.61. The van der Waals surface area contributed by atoms with Gasteiger partial charge in [-0.2, -0.15) is 0 Å². The summed E-state index contributed by atoms with van der Waals surface area (Å²) in [6, 6.07) is 8.11. The van der Waals surface area contributed by atoms with Crippen LogP contribution in [0, 0.1) is 0 Å². The van der Waals surface area contributed by atoms with Crippen molar-refractivity contribution in [3.8, 4) is 5.75 Å². The number of hydrogen-bond donors (Lipinski definition) is 0. The van der Waals surface area contributed by atoms with Crippen LogP contribution in [0.5, 0.6) is 5.75 Å². The summed E-state index contributed by atoms with van der Waals surface area (Å²) in [4.78, 5) is 13.3. The van der Waals surface area contributed by atoms with Crippen molar-refractivity contribution in [2.75, 3.05) is 26.7 Å². The molecule has 1 aromatic carbocycles. The molecule has 0 atom stereocenters. The van der Waals surface area contributed by atoms with Crippen molar-refractivity contribution in [3.05, 3.63) is 29.8 Å². The van der Waals surface area contributed by atoms with E-state index in [4.69, 9.17) is 4.74 Å². The fourth-order valence-corrected chi connectivity index (χ4v) is 1.96. The molecule has 1 aliphatic rings. The number of Topliss-reactive ketones (excluding diaryl/α,β-unsaturated/α-hetero) is 1. The van der Waals surface area contributed by atoms with Crippen molar-refractivity contribution in [2.24, 2.45) is 0 Å². The minimum Gasteiger partial charge on any atom is -0.497 e. The molecule has 1 aromatic rings. The second kappa shape index (κ2) is 5.12. The molecule has 0 bridgehead atoms. The van der Waals surface area contributed by atoms with Crippen molar-refractivity contribution in [3.63, 3.8) is 0 Å². The third-order valence-electron chi connectivity index (χ3n) is 2.98. The van der Waals surface area contributed by atoms with Gasteiger partial charge in [-0.05, 0) is 24.1 Å². The normalized spacial score (nSPS) is 16.7. The Kier molecular flexibility index (Phi) is 3.57. The first-order valence-corrected chi connectivity index (χ1v) is 5.65. The maximum absolute atomic E-state index is 11.1. The summed E-state index contributed by atoms with van der Waals surface area (Å²) in [6.45, 7) is 2.53. The topological polar surface area (TPSA) is 29.5 Å². The first-order valence-electron chi connectivity index (χ1n) is 5.65. The standard InChI is InChI=1S/C13H17NO2/c1-16-13-4-2-11(3-5-13)6-8-14-9-7-12(15)10-14/h2-5H,6-10H2,1H3.